The molecular formula is C13H17N3O3S. The maximum Gasteiger partial charge on any atom is 0.248 e. The second-order valence-corrected chi connectivity index (χ2v) is 5.94. The van der Waals surface area contributed by atoms with Crippen LogP contribution in [0.15, 0.2) is 16.8 Å². The molecule has 2 atom stereocenters. The van der Waals surface area contributed by atoms with Gasteiger partial charge >= 0.3 is 0 Å². The van der Waals surface area contributed by atoms with E-state index in [9.17, 15) is 9.59 Å². The number of hydrogen-bond acceptors (Lipinski definition) is 5. The summed E-state index contributed by atoms with van der Waals surface area (Å²) in [5.41, 5.74) is 1.24. The van der Waals surface area contributed by atoms with Gasteiger partial charge in [0.05, 0.1) is 6.61 Å². The first-order chi connectivity index (χ1) is 9.69. The monoisotopic (exact) mass is 295 g/mol. The second-order valence-electron chi connectivity index (χ2n) is 5.16. The van der Waals surface area contributed by atoms with E-state index >= 15 is 0 Å². The largest absolute Gasteiger partial charge is 0.394 e. The minimum atomic E-state index is -0.776. The number of piperazine rings is 2. The van der Waals surface area contributed by atoms with Crippen LogP contribution in [0.3, 0.4) is 0 Å². The Labute approximate surface area is 121 Å². The SMILES string of the molecule is O=C1N[C@H](CO)C(=O)N2CCN(Cc3ccsc3)C[C@H]12. The third-order valence-corrected chi connectivity index (χ3v) is 4.57. The summed E-state index contributed by atoms with van der Waals surface area (Å²) in [6.45, 7) is 2.30. The van der Waals surface area contributed by atoms with E-state index in [1.165, 1.54) is 5.56 Å². The van der Waals surface area contributed by atoms with Crippen LogP contribution in [0, 0.1) is 0 Å². The van der Waals surface area contributed by atoms with Gasteiger partial charge in [-0.15, -0.1) is 0 Å². The van der Waals surface area contributed by atoms with Gasteiger partial charge in [0, 0.05) is 26.2 Å². The molecule has 0 aromatic carbocycles. The molecule has 0 bridgehead atoms. The fourth-order valence-electron chi connectivity index (χ4n) is 2.77. The Morgan fingerprint density at radius 1 is 1.40 bits per heavy atom. The van der Waals surface area contributed by atoms with Gasteiger partial charge in [0.25, 0.3) is 0 Å². The van der Waals surface area contributed by atoms with Gasteiger partial charge in [-0.05, 0) is 22.4 Å². The Hall–Kier alpha value is -1.44. The smallest absolute Gasteiger partial charge is 0.248 e. The van der Waals surface area contributed by atoms with Crippen molar-refractivity contribution in [1.29, 1.82) is 0 Å². The molecule has 2 aliphatic heterocycles. The number of hydrogen-bond donors (Lipinski definition) is 2. The van der Waals surface area contributed by atoms with Crippen LogP contribution in [0.25, 0.3) is 0 Å². The van der Waals surface area contributed by atoms with Crippen molar-refractivity contribution in [2.75, 3.05) is 26.2 Å². The van der Waals surface area contributed by atoms with E-state index in [2.05, 4.69) is 21.7 Å². The van der Waals surface area contributed by atoms with Crippen molar-refractivity contribution in [3.8, 4) is 0 Å². The molecule has 7 heteroatoms. The second kappa shape index (κ2) is 5.51. The lowest BCUT2D eigenvalue weighted by molar-refractivity contribution is -0.154. The van der Waals surface area contributed by atoms with Crippen LogP contribution < -0.4 is 5.32 Å². The summed E-state index contributed by atoms with van der Waals surface area (Å²) < 4.78 is 0. The molecule has 0 unspecified atom stereocenters. The minimum absolute atomic E-state index is 0.168. The molecule has 3 rings (SSSR count). The first kappa shape index (κ1) is 13.5. The molecule has 1 aromatic rings. The molecule has 0 aliphatic carbocycles. The van der Waals surface area contributed by atoms with Gasteiger partial charge in [0.1, 0.15) is 12.1 Å². The lowest BCUT2D eigenvalue weighted by atomic mass is 10.0. The Balaban J connectivity index is 1.68. The van der Waals surface area contributed by atoms with Crippen molar-refractivity contribution in [1.82, 2.24) is 15.1 Å². The Morgan fingerprint density at radius 2 is 2.25 bits per heavy atom. The lowest BCUT2D eigenvalue weighted by Gasteiger charge is -2.44. The number of aliphatic hydroxyl groups excluding tert-OH is 1. The van der Waals surface area contributed by atoms with Gasteiger partial charge < -0.3 is 15.3 Å². The van der Waals surface area contributed by atoms with E-state index in [1.54, 1.807) is 16.2 Å². The average molecular weight is 295 g/mol. The molecular weight excluding hydrogens is 278 g/mol. The normalized spacial score (nSPS) is 27.4. The van der Waals surface area contributed by atoms with E-state index in [0.29, 0.717) is 13.1 Å². The summed E-state index contributed by atoms with van der Waals surface area (Å²) >= 11 is 1.66. The maximum atomic E-state index is 12.1. The molecule has 3 heterocycles. The summed E-state index contributed by atoms with van der Waals surface area (Å²) in [5, 5.41) is 15.8. The van der Waals surface area contributed by atoms with E-state index in [0.717, 1.165) is 13.1 Å². The number of aliphatic hydroxyl groups is 1. The fourth-order valence-corrected chi connectivity index (χ4v) is 3.43. The fraction of sp³-hybridized carbons (Fsp3) is 0.538. The van der Waals surface area contributed by atoms with Crippen molar-refractivity contribution in [2.24, 2.45) is 0 Å². The Kier molecular flexibility index (Phi) is 3.73. The highest BCUT2D eigenvalue weighted by atomic mass is 32.1. The average Bonchev–Trinajstić information content (AvgIpc) is 2.95. The van der Waals surface area contributed by atoms with Crippen LogP contribution in [-0.2, 0) is 16.1 Å². The topological polar surface area (TPSA) is 72.9 Å². The van der Waals surface area contributed by atoms with Crippen LogP contribution >= 0.6 is 11.3 Å². The van der Waals surface area contributed by atoms with Crippen LogP contribution in [0.4, 0.5) is 0 Å². The molecule has 0 radical (unpaired) electrons. The van der Waals surface area contributed by atoms with E-state index in [4.69, 9.17) is 5.11 Å². The highest BCUT2D eigenvalue weighted by molar-refractivity contribution is 7.07. The number of thiophene rings is 1. The maximum absolute atomic E-state index is 12.1. The standard InChI is InChI=1S/C13H17N3O3S/c17-7-10-13(19)16-3-2-15(5-9-1-4-20-8-9)6-11(16)12(18)14-10/h1,4,8,10-11,17H,2-3,5-7H2,(H,14,18)/t10-,11-/m1/s1. The van der Waals surface area contributed by atoms with Gasteiger partial charge in [-0.3, -0.25) is 14.5 Å². The third-order valence-electron chi connectivity index (χ3n) is 3.83. The molecule has 108 valence electrons. The summed E-state index contributed by atoms with van der Waals surface area (Å²) in [6.07, 6.45) is 0. The first-order valence-electron chi connectivity index (χ1n) is 6.64. The molecule has 1 aromatic heterocycles. The summed E-state index contributed by atoms with van der Waals surface area (Å²) in [4.78, 5) is 27.9. The Morgan fingerprint density at radius 3 is 2.95 bits per heavy atom. The molecule has 0 saturated carbocycles. The van der Waals surface area contributed by atoms with E-state index < -0.39 is 12.1 Å². The lowest BCUT2D eigenvalue weighted by Crippen LogP contribution is -2.69. The Bertz CT molecular complexity index is 505. The molecule has 2 N–H and O–H groups in total. The van der Waals surface area contributed by atoms with Crippen LogP contribution in [0.5, 0.6) is 0 Å². The van der Waals surface area contributed by atoms with Crippen molar-refractivity contribution in [2.45, 2.75) is 18.6 Å². The number of nitrogens with one attached hydrogen (secondary N) is 1. The molecule has 20 heavy (non-hydrogen) atoms. The van der Waals surface area contributed by atoms with Gasteiger partial charge in [0.2, 0.25) is 11.8 Å². The molecule has 2 saturated heterocycles. The first-order valence-corrected chi connectivity index (χ1v) is 7.58. The van der Waals surface area contributed by atoms with Gasteiger partial charge in [-0.1, -0.05) is 0 Å². The predicted octanol–water partition coefficient (Wildman–Crippen LogP) is -0.748. The molecule has 2 amide bonds. The van der Waals surface area contributed by atoms with E-state index in [1.807, 2.05) is 5.38 Å². The quantitative estimate of drug-likeness (QED) is 0.770. The highest BCUT2D eigenvalue weighted by Crippen LogP contribution is 2.18. The third kappa shape index (κ3) is 2.44. The number of amides is 2. The number of nitrogens with zero attached hydrogens (tertiary/aromatic N) is 2. The zero-order valence-electron chi connectivity index (χ0n) is 11.0. The molecule has 0 spiro atoms. The van der Waals surface area contributed by atoms with Crippen molar-refractivity contribution in [3.63, 3.8) is 0 Å². The van der Waals surface area contributed by atoms with Crippen LogP contribution in [0.1, 0.15) is 5.56 Å². The van der Waals surface area contributed by atoms with Crippen molar-refractivity contribution < 1.29 is 14.7 Å². The number of carbonyl (C=O) groups excluding carboxylic acids is 2. The van der Waals surface area contributed by atoms with Gasteiger partial charge in [0.15, 0.2) is 0 Å². The zero-order chi connectivity index (χ0) is 14.1. The summed E-state index contributed by atoms with van der Waals surface area (Å²) in [5.74, 6) is -0.342. The van der Waals surface area contributed by atoms with Crippen molar-refractivity contribution in [3.05, 3.63) is 22.4 Å². The van der Waals surface area contributed by atoms with Crippen molar-refractivity contribution >= 4 is 23.2 Å². The number of carbonyl (C=O) groups is 2. The molecule has 2 fully saturated rings. The van der Waals surface area contributed by atoms with Crippen LogP contribution in [0.2, 0.25) is 0 Å². The van der Waals surface area contributed by atoms with Gasteiger partial charge in [-0.25, -0.2) is 0 Å². The number of rotatable bonds is 3. The van der Waals surface area contributed by atoms with Crippen LogP contribution in [-0.4, -0.2) is 65.0 Å². The molecule has 6 nitrogen and oxygen atoms in total. The minimum Gasteiger partial charge on any atom is -0.394 e. The number of fused-ring (bicyclic) bond motifs is 1. The zero-order valence-corrected chi connectivity index (χ0v) is 11.8. The predicted molar refractivity (Wildman–Crippen MR) is 74.1 cm³/mol. The highest BCUT2D eigenvalue weighted by Gasteiger charge is 2.42. The summed E-state index contributed by atoms with van der Waals surface area (Å²) in [7, 11) is 0. The molecule has 2 aliphatic rings. The summed E-state index contributed by atoms with van der Waals surface area (Å²) in [6, 6.07) is 0.866. The van der Waals surface area contributed by atoms with Gasteiger partial charge in [-0.2, -0.15) is 11.3 Å². The van der Waals surface area contributed by atoms with E-state index in [-0.39, 0.29) is 18.4 Å².